The van der Waals surface area contributed by atoms with Gasteiger partial charge in [0.1, 0.15) is 17.7 Å². The molecule has 5 atom stereocenters. The highest BCUT2D eigenvalue weighted by Crippen LogP contribution is 2.38. The van der Waals surface area contributed by atoms with E-state index in [4.69, 9.17) is 19.9 Å². The summed E-state index contributed by atoms with van der Waals surface area (Å²) in [6.07, 6.45) is -3.10. The van der Waals surface area contributed by atoms with Crippen molar-refractivity contribution in [3.05, 3.63) is 16.7 Å². The number of nitrogens with two attached hydrogens (primary N) is 1. The van der Waals surface area contributed by atoms with Crippen molar-refractivity contribution in [2.75, 3.05) is 5.73 Å². The lowest BCUT2D eigenvalue weighted by molar-refractivity contribution is -0.159. The quantitative estimate of drug-likeness (QED) is 0.613. The van der Waals surface area contributed by atoms with Gasteiger partial charge in [-0.25, -0.2) is 18.7 Å². The second-order valence-corrected chi connectivity index (χ2v) is 8.21. The molecule has 12 heteroatoms. The van der Waals surface area contributed by atoms with Gasteiger partial charge in [-0.2, -0.15) is 4.98 Å². The van der Waals surface area contributed by atoms with Gasteiger partial charge in [-0.15, -0.1) is 0 Å². The molecule has 1 aliphatic heterocycles. The van der Waals surface area contributed by atoms with Gasteiger partial charge in [-0.3, -0.25) is 14.2 Å². The molecule has 0 amide bonds. The van der Waals surface area contributed by atoms with Crippen molar-refractivity contribution >= 4 is 29.1 Å². The lowest BCUT2D eigenvalue weighted by Gasteiger charge is -2.23. The molecule has 11 nitrogen and oxygen atoms in total. The highest BCUT2D eigenvalue weighted by atomic mass is 19.1. The number of fused-ring (bicyclic) bond motifs is 1. The first-order valence-electron chi connectivity index (χ1n) is 10.6. The second kappa shape index (κ2) is 8.49. The van der Waals surface area contributed by atoms with Crippen molar-refractivity contribution in [1.29, 1.82) is 0 Å². The van der Waals surface area contributed by atoms with Crippen LogP contribution in [0.3, 0.4) is 0 Å². The van der Waals surface area contributed by atoms with Crippen LogP contribution in [-0.4, -0.2) is 55.5 Å². The molecule has 0 aromatic carbocycles. The van der Waals surface area contributed by atoms with E-state index in [1.54, 1.807) is 6.92 Å². The van der Waals surface area contributed by atoms with Crippen molar-refractivity contribution in [1.82, 2.24) is 19.1 Å². The molecule has 3 heterocycles. The van der Waals surface area contributed by atoms with Crippen molar-refractivity contribution in [2.45, 2.75) is 77.3 Å². The Morgan fingerprint density at radius 1 is 1.34 bits per heavy atom. The SMILES string of the molecule is CC[C@H](OC(C)=O)[C@H]1O[C@@H](n2c(=O)n(CC3CC3)c3cnc(N)nc32)[C@H](OC(C)=O)[C@H]1F. The molecule has 1 saturated heterocycles. The third-order valence-electron chi connectivity index (χ3n) is 5.71. The summed E-state index contributed by atoms with van der Waals surface area (Å²) in [5.41, 5.74) is 5.83. The van der Waals surface area contributed by atoms with Crippen LogP contribution in [0.15, 0.2) is 11.0 Å². The van der Waals surface area contributed by atoms with Gasteiger partial charge >= 0.3 is 17.6 Å². The minimum atomic E-state index is -1.85. The summed E-state index contributed by atoms with van der Waals surface area (Å²) in [5, 5.41) is 0. The predicted octanol–water partition coefficient (Wildman–Crippen LogP) is 1.09. The maximum Gasteiger partial charge on any atom is 0.332 e. The molecular weight excluding hydrogens is 425 g/mol. The van der Waals surface area contributed by atoms with E-state index in [-0.39, 0.29) is 18.0 Å². The fourth-order valence-corrected chi connectivity index (χ4v) is 4.10. The van der Waals surface area contributed by atoms with Gasteiger partial charge in [-0.05, 0) is 25.2 Å². The maximum absolute atomic E-state index is 15.5. The summed E-state index contributed by atoms with van der Waals surface area (Å²) in [6, 6.07) is 0. The van der Waals surface area contributed by atoms with E-state index in [0.717, 1.165) is 24.3 Å². The number of ether oxygens (including phenoxy) is 3. The Balaban J connectivity index is 1.81. The minimum Gasteiger partial charge on any atom is -0.460 e. The molecule has 0 radical (unpaired) electrons. The topological polar surface area (TPSA) is 141 Å². The summed E-state index contributed by atoms with van der Waals surface area (Å²) in [5.74, 6) is -1.06. The lowest BCUT2D eigenvalue weighted by Crippen LogP contribution is -2.39. The molecule has 0 unspecified atom stereocenters. The van der Waals surface area contributed by atoms with E-state index in [1.165, 1.54) is 17.7 Å². The summed E-state index contributed by atoms with van der Waals surface area (Å²) in [6.45, 7) is 4.51. The Kier molecular flexibility index (Phi) is 5.89. The van der Waals surface area contributed by atoms with Crippen LogP contribution in [0, 0.1) is 5.92 Å². The summed E-state index contributed by atoms with van der Waals surface area (Å²) in [7, 11) is 0. The van der Waals surface area contributed by atoms with Gasteiger partial charge in [0.05, 0.1) is 6.20 Å². The molecule has 32 heavy (non-hydrogen) atoms. The minimum absolute atomic E-state index is 0.0726. The summed E-state index contributed by atoms with van der Waals surface area (Å²) < 4.78 is 34.5. The Morgan fingerprint density at radius 2 is 2.06 bits per heavy atom. The lowest BCUT2D eigenvalue weighted by atomic mass is 10.0. The number of nitrogen functional groups attached to an aromatic ring is 1. The number of alkyl halides is 1. The molecule has 1 saturated carbocycles. The monoisotopic (exact) mass is 451 g/mol. The second-order valence-electron chi connectivity index (χ2n) is 8.21. The standard InChI is InChI=1S/C20H26FN5O6/c1-4-13(30-9(2)27)15-14(21)16(31-10(3)28)18(32-15)26-17-12(7-23-19(22)24-17)25(20(26)29)8-11-5-6-11/h7,11,13-16,18H,4-6,8H2,1-3H3,(H2,22,23,24)/t13-,14-,15+,16+,18+/m0/s1. The third kappa shape index (κ3) is 4.06. The van der Waals surface area contributed by atoms with Gasteiger partial charge in [0, 0.05) is 20.4 Å². The van der Waals surface area contributed by atoms with E-state index in [0.29, 0.717) is 18.0 Å². The first-order valence-corrected chi connectivity index (χ1v) is 10.6. The summed E-state index contributed by atoms with van der Waals surface area (Å²) >= 11 is 0. The highest BCUT2D eigenvalue weighted by molar-refractivity contribution is 5.72. The zero-order valence-corrected chi connectivity index (χ0v) is 18.1. The fourth-order valence-electron chi connectivity index (χ4n) is 4.10. The highest BCUT2D eigenvalue weighted by Gasteiger charge is 2.53. The molecule has 2 aromatic rings. The van der Waals surface area contributed by atoms with E-state index in [1.807, 2.05) is 0 Å². The van der Waals surface area contributed by atoms with Gasteiger partial charge in [0.15, 0.2) is 24.2 Å². The number of carbonyl (C=O) groups excluding carboxylic acids is 2. The average molecular weight is 451 g/mol. The Hall–Kier alpha value is -3.02. The number of carbonyl (C=O) groups is 2. The number of aromatic nitrogens is 4. The van der Waals surface area contributed by atoms with Gasteiger partial charge in [0.2, 0.25) is 5.95 Å². The van der Waals surface area contributed by atoms with Crippen molar-refractivity contribution in [3.63, 3.8) is 0 Å². The number of rotatable bonds is 7. The molecule has 0 spiro atoms. The van der Waals surface area contributed by atoms with Gasteiger partial charge < -0.3 is 19.9 Å². The Labute approximate surface area is 182 Å². The first-order chi connectivity index (χ1) is 15.2. The van der Waals surface area contributed by atoms with Crippen molar-refractivity contribution in [2.24, 2.45) is 5.92 Å². The van der Waals surface area contributed by atoms with Crippen LogP contribution in [0.2, 0.25) is 0 Å². The molecule has 2 N–H and O–H groups in total. The number of halogens is 1. The zero-order chi connectivity index (χ0) is 23.2. The number of nitrogens with zero attached hydrogens (tertiary/aromatic N) is 4. The van der Waals surface area contributed by atoms with Crippen LogP contribution in [0.25, 0.3) is 11.2 Å². The molecule has 4 rings (SSSR count). The predicted molar refractivity (Wildman–Crippen MR) is 109 cm³/mol. The molecule has 1 aliphatic carbocycles. The van der Waals surface area contributed by atoms with Crippen LogP contribution >= 0.6 is 0 Å². The fraction of sp³-hybridized carbons (Fsp3) is 0.650. The van der Waals surface area contributed by atoms with Gasteiger partial charge in [0.25, 0.3) is 0 Å². The van der Waals surface area contributed by atoms with E-state index < -0.39 is 48.3 Å². The maximum atomic E-state index is 15.5. The van der Waals surface area contributed by atoms with E-state index in [2.05, 4.69) is 9.97 Å². The average Bonchev–Trinajstić information content (AvgIpc) is 3.44. The number of hydrogen-bond donors (Lipinski definition) is 1. The van der Waals surface area contributed by atoms with E-state index in [9.17, 15) is 14.4 Å². The zero-order valence-electron chi connectivity index (χ0n) is 18.1. The number of esters is 2. The molecule has 0 bridgehead atoms. The number of imidazole rings is 1. The van der Waals surface area contributed by atoms with Gasteiger partial charge in [-0.1, -0.05) is 6.92 Å². The van der Waals surface area contributed by atoms with Crippen LogP contribution in [0.5, 0.6) is 0 Å². The largest absolute Gasteiger partial charge is 0.460 e. The Bertz CT molecular complexity index is 1100. The first kappa shape index (κ1) is 22.2. The molecule has 2 aromatic heterocycles. The molecule has 2 fully saturated rings. The third-order valence-corrected chi connectivity index (χ3v) is 5.71. The normalized spacial score (nSPS) is 26.2. The smallest absolute Gasteiger partial charge is 0.332 e. The van der Waals surface area contributed by atoms with Crippen LogP contribution < -0.4 is 11.4 Å². The van der Waals surface area contributed by atoms with Crippen LogP contribution in [0.1, 0.15) is 46.3 Å². The van der Waals surface area contributed by atoms with Crippen molar-refractivity contribution < 1.29 is 28.2 Å². The van der Waals surface area contributed by atoms with Crippen molar-refractivity contribution in [3.8, 4) is 0 Å². The van der Waals surface area contributed by atoms with E-state index >= 15 is 4.39 Å². The molecule has 174 valence electrons. The van der Waals surface area contributed by atoms with Crippen LogP contribution in [0.4, 0.5) is 10.3 Å². The summed E-state index contributed by atoms with van der Waals surface area (Å²) in [4.78, 5) is 44.8. The molecule has 2 aliphatic rings. The molecular formula is C20H26FN5O6. The number of anilines is 1. The Morgan fingerprint density at radius 3 is 2.66 bits per heavy atom. The number of hydrogen-bond acceptors (Lipinski definition) is 9. The van der Waals surface area contributed by atoms with Crippen LogP contribution in [-0.2, 0) is 30.3 Å².